The van der Waals surface area contributed by atoms with Gasteiger partial charge in [-0.1, -0.05) is 53.1 Å². The van der Waals surface area contributed by atoms with Gasteiger partial charge < -0.3 is 25.0 Å². The normalized spacial score (nSPS) is 15.2. The van der Waals surface area contributed by atoms with Crippen LogP contribution in [-0.4, -0.2) is 74.7 Å². The molecule has 0 spiro atoms. The van der Waals surface area contributed by atoms with E-state index in [0.717, 1.165) is 11.3 Å². The van der Waals surface area contributed by atoms with E-state index in [1.165, 1.54) is 17.0 Å². The molecule has 1 aliphatic heterocycles. The Morgan fingerprint density at radius 2 is 1.79 bits per heavy atom. The Morgan fingerprint density at radius 1 is 1.12 bits per heavy atom. The molecule has 9 nitrogen and oxygen atoms in total. The fourth-order valence-corrected chi connectivity index (χ4v) is 5.54. The summed E-state index contributed by atoms with van der Waals surface area (Å²) in [6, 6.07) is 6.64. The van der Waals surface area contributed by atoms with Crippen molar-refractivity contribution in [3.8, 4) is 5.75 Å². The summed E-state index contributed by atoms with van der Waals surface area (Å²) in [5.74, 6) is -1.49. The maximum Gasteiger partial charge on any atom is 0.387 e. The van der Waals surface area contributed by atoms with Gasteiger partial charge in [0.05, 0.1) is 21.5 Å². The van der Waals surface area contributed by atoms with Crippen LogP contribution in [0.1, 0.15) is 51.2 Å². The van der Waals surface area contributed by atoms with Gasteiger partial charge in [-0.2, -0.15) is 8.78 Å². The van der Waals surface area contributed by atoms with Crippen LogP contribution in [0.3, 0.4) is 0 Å². The first kappa shape index (κ1) is 33.7. The minimum atomic E-state index is -3.16. The van der Waals surface area contributed by atoms with Gasteiger partial charge in [0.15, 0.2) is 5.75 Å². The van der Waals surface area contributed by atoms with E-state index < -0.39 is 18.6 Å². The molecule has 1 aliphatic rings. The lowest BCUT2D eigenvalue weighted by Crippen LogP contribution is -2.54. The first-order chi connectivity index (χ1) is 19.5. The van der Waals surface area contributed by atoms with Crippen LogP contribution >= 0.6 is 22.9 Å². The van der Waals surface area contributed by atoms with Gasteiger partial charge >= 0.3 is 6.61 Å². The second-order valence-corrected chi connectivity index (χ2v) is 14.2. The number of halogens is 3. The molecule has 2 N–H and O–H groups in total. The minimum Gasteiger partial charge on any atom is -0.433 e. The van der Waals surface area contributed by atoms with Crippen molar-refractivity contribution in [1.82, 2.24) is 10.2 Å². The first-order valence-corrected chi connectivity index (χ1v) is 14.8. The Kier molecular flexibility index (Phi) is 11.3. The van der Waals surface area contributed by atoms with Gasteiger partial charge in [-0.3, -0.25) is 19.3 Å². The summed E-state index contributed by atoms with van der Waals surface area (Å²) < 4.78 is 37.2. The number of carbonyl (C=O) groups is 3. The quantitative estimate of drug-likeness (QED) is 0.341. The number of anilines is 2. The second kappa shape index (κ2) is 14.1. The zero-order valence-electron chi connectivity index (χ0n) is 24.8. The van der Waals surface area contributed by atoms with Gasteiger partial charge in [0.25, 0.3) is 11.8 Å². The van der Waals surface area contributed by atoms with Crippen molar-refractivity contribution >= 4 is 52.0 Å². The average Bonchev–Trinajstić information content (AvgIpc) is 3.29. The van der Waals surface area contributed by atoms with E-state index in [-0.39, 0.29) is 53.8 Å². The van der Waals surface area contributed by atoms with Crippen LogP contribution in [-0.2, 0) is 14.3 Å². The number of morpholine rings is 1. The molecule has 0 radical (unpaired) electrons. The fraction of sp³-hybridized carbons (Fsp3) is 0.552. The number of alkyl halides is 2. The Balaban J connectivity index is 1.93. The van der Waals surface area contributed by atoms with Crippen molar-refractivity contribution in [2.45, 2.75) is 54.2 Å². The highest BCUT2D eigenvalue weighted by atomic mass is 35.5. The lowest BCUT2D eigenvalue weighted by Gasteiger charge is -2.39. The second-order valence-electron chi connectivity index (χ2n) is 12.5. The van der Waals surface area contributed by atoms with Crippen LogP contribution in [0.4, 0.5) is 20.2 Å². The van der Waals surface area contributed by atoms with E-state index in [0.29, 0.717) is 34.6 Å². The molecule has 1 atom stereocenters. The third kappa shape index (κ3) is 10.2. The van der Waals surface area contributed by atoms with Gasteiger partial charge in [-0.15, -0.1) is 11.3 Å². The van der Waals surface area contributed by atoms with E-state index >= 15 is 0 Å². The highest BCUT2D eigenvalue weighted by Crippen LogP contribution is 2.33. The molecule has 232 valence electrons. The van der Waals surface area contributed by atoms with Crippen molar-refractivity contribution in [1.29, 1.82) is 0 Å². The number of rotatable bonds is 11. The van der Waals surface area contributed by atoms with Gasteiger partial charge in [-0.05, 0) is 35.1 Å². The summed E-state index contributed by atoms with van der Waals surface area (Å²) in [5.41, 5.74) is -0.0495. The molecule has 0 saturated carbocycles. The molecule has 1 aromatic carbocycles. The number of hydrogen-bond donors (Lipinski definition) is 2. The SMILES string of the molecule is CC(C)(C)CN(CC(C)(C)C)[C@H](CNC(=O)c1ccc(Cl)s1)C(=O)Nc1ccc(N2CCOCC2=O)cc1OC(F)F. The van der Waals surface area contributed by atoms with Crippen LogP contribution in [0.2, 0.25) is 4.34 Å². The predicted octanol–water partition coefficient (Wildman–Crippen LogP) is 5.50. The third-order valence-electron chi connectivity index (χ3n) is 6.09. The van der Waals surface area contributed by atoms with Crippen LogP contribution in [0.15, 0.2) is 30.3 Å². The van der Waals surface area contributed by atoms with Crippen LogP contribution < -0.4 is 20.3 Å². The molecular formula is C29H39ClF2N4O5S. The maximum absolute atomic E-state index is 13.9. The number of nitrogens with one attached hydrogen (secondary N) is 2. The summed E-state index contributed by atoms with van der Waals surface area (Å²) in [6.45, 7) is 10.5. The summed E-state index contributed by atoms with van der Waals surface area (Å²) in [7, 11) is 0. The van der Waals surface area contributed by atoms with E-state index in [9.17, 15) is 23.2 Å². The molecular weight excluding hydrogens is 590 g/mol. The van der Waals surface area contributed by atoms with E-state index in [2.05, 4.69) is 10.6 Å². The Bertz CT molecular complexity index is 1250. The monoisotopic (exact) mass is 628 g/mol. The number of thiophene rings is 1. The lowest BCUT2D eigenvalue weighted by atomic mass is 9.90. The zero-order valence-corrected chi connectivity index (χ0v) is 26.3. The molecule has 3 amide bonds. The maximum atomic E-state index is 13.9. The topological polar surface area (TPSA) is 100 Å². The molecule has 0 bridgehead atoms. The number of hydrogen-bond acceptors (Lipinski definition) is 7. The van der Waals surface area contributed by atoms with Gasteiger partial charge in [0, 0.05) is 37.9 Å². The minimum absolute atomic E-state index is 0.0117. The van der Waals surface area contributed by atoms with E-state index in [1.807, 2.05) is 46.4 Å². The zero-order chi connectivity index (χ0) is 31.2. The van der Waals surface area contributed by atoms with Crippen molar-refractivity contribution in [3.63, 3.8) is 0 Å². The van der Waals surface area contributed by atoms with Crippen molar-refractivity contribution in [2.24, 2.45) is 10.8 Å². The standard InChI is InChI=1S/C29H39ClF2N4O5S/c1-28(2,3)16-35(17-29(4,5)6)20(14-33-26(39)22-9-10-23(30)42-22)25(38)34-19-8-7-18(13-21(19)41-27(31)32)36-11-12-40-15-24(36)37/h7-10,13,20,27H,11-12,14-17H2,1-6H3,(H,33,39)(H,34,38)/t20-/m1/s1. The van der Waals surface area contributed by atoms with E-state index in [4.69, 9.17) is 21.1 Å². The van der Waals surface area contributed by atoms with Gasteiger partial charge in [0.1, 0.15) is 12.6 Å². The summed E-state index contributed by atoms with van der Waals surface area (Å²) >= 11 is 7.12. The first-order valence-electron chi connectivity index (χ1n) is 13.6. The van der Waals surface area contributed by atoms with Crippen molar-refractivity contribution < 1.29 is 32.6 Å². The van der Waals surface area contributed by atoms with Gasteiger partial charge in [0.2, 0.25) is 5.91 Å². The molecule has 2 heterocycles. The largest absolute Gasteiger partial charge is 0.433 e. The number of benzene rings is 1. The molecule has 3 rings (SSSR count). The fourth-order valence-electron chi connectivity index (χ4n) is 4.58. The molecule has 1 fully saturated rings. The average molecular weight is 629 g/mol. The summed E-state index contributed by atoms with van der Waals surface area (Å²) in [6.07, 6.45) is 0. The van der Waals surface area contributed by atoms with Crippen LogP contribution in [0, 0.1) is 10.8 Å². The molecule has 1 aromatic heterocycles. The van der Waals surface area contributed by atoms with E-state index in [1.54, 1.807) is 18.2 Å². The third-order valence-corrected chi connectivity index (χ3v) is 7.32. The van der Waals surface area contributed by atoms with Gasteiger partial charge in [-0.25, -0.2) is 0 Å². The molecule has 42 heavy (non-hydrogen) atoms. The molecule has 13 heteroatoms. The molecule has 0 aliphatic carbocycles. The lowest BCUT2D eigenvalue weighted by molar-refractivity contribution is -0.125. The highest BCUT2D eigenvalue weighted by Gasteiger charge is 2.33. The smallest absolute Gasteiger partial charge is 0.387 e. The predicted molar refractivity (Wildman–Crippen MR) is 161 cm³/mol. The number of amides is 3. The molecule has 0 unspecified atom stereocenters. The number of carbonyl (C=O) groups excluding carboxylic acids is 3. The van der Waals surface area contributed by atoms with Crippen LogP contribution in [0.25, 0.3) is 0 Å². The number of ether oxygens (including phenoxy) is 2. The number of nitrogens with zero attached hydrogens (tertiary/aromatic N) is 2. The summed E-state index contributed by atoms with van der Waals surface area (Å²) in [5, 5.41) is 5.58. The molecule has 1 saturated heterocycles. The Labute approximate surface area is 254 Å². The van der Waals surface area contributed by atoms with Crippen molar-refractivity contribution in [2.75, 3.05) is 49.6 Å². The summed E-state index contributed by atoms with van der Waals surface area (Å²) in [4.78, 5) is 42.9. The Morgan fingerprint density at radius 3 is 2.33 bits per heavy atom. The van der Waals surface area contributed by atoms with Crippen LogP contribution in [0.5, 0.6) is 5.75 Å². The highest BCUT2D eigenvalue weighted by molar-refractivity contribution is 7.18. The Hall–Kier alpha value is -2.80. The molecule has 2 aromatic rings. The van der Waals surface area contributed by atoms with Crippen molar-refractivity contribution in [3.05, 3.63) is 39.5 Å².